The van der Waals surface area contributed by atoms with Crippen LogP contribution >= 0.6 is 0 Å². The van der Waals surface area contributed by atoms with E-state index in [0.29, 0.717) is 0 Å². The van der Waals surface area contributed by atoms with Gasteiger partial charge in [-0.3, -0.25) is 4.79 Å². The topological polar surface area (TPSA) is 96.8 Å². The average molecular weight is 332 g/mol. The van der Waals surface area contributed by atoms with Crippen LogP contribution in [0.15, 0.2) is 24.3 Å². The van der Waals surface area contributed by atoms with Crippen LogP contribution in [0.4, 0.5) is 0 Å². The Balaban J connectivity index is 2.52. The molecule has 8 heteroatoms. The molecule has 0 spiro atoms. The molecule has 1 heterocycles. The van der Waals surface area contributed by atoms with Crippen LogP contribution in [-0.4, -0.2) is 43.0 Å². The van der Waals surface area contributed by atoms with Gasteiger partial charge in [-0.1, -0.05) is 12.1 Å². The van der Waals surface area contributed by atoms with Gasteiger partial charge in [-0.05, 0) is 13.0 Å². The Hall–Kier alpha value is -3.16. The lowest BCUT2D eigenvalue weighted by molar-refractivity contribution is 0.0594. The van der Waals surface area contributed by atoms with Gasteiger partial charge in [-0.25, -0.2) is 4.79 Å². The SMILES string of the molecule is COC(=O)c1c(Oc2nc(OC)cc(OC)n2)cccc1C(C)=O. The van der Waals surface area contributed by atoms with Crippen molar-refractivity contribution in [1.29, 1.82) is 0 Å². The Morgan fingerprint density at radius 3 is 2.12 bits per heavy atom. The second kappa shape index (κ2) is 7.40. The van der Waals surface area contributed by atoms with Gasteiger partial charge in [0.15, 0.2) is 5.78 Å². The highest BCUT2D eigenvalue weighted by Gasteiger charge is 2.22. The zero-order valence-corrected chi connectivity index (χ0v) is 13.7. The number of benzene rings is 1. The van der Waals surface area contributed by atoms with Crippen molar-refractivity contribution < 1.29 is 28.5 Å². The van der Waals surface area contributed by atoms with Crippen LogP contribution in [0.5, 0.6) is 23.5 Å². The highest BCUT2D eigenvalue weighted by atomic mass is 16.5. The minimum Gasteiger partial charge on any atom is -0.481 e. The molecule has 126 valence electrons. The Bertz CT molecular complexity index is 753. The van der Waals surface area contributed by atoms with Crippen molar-refractivity contribution in [2.24, 2.45) is 0 Å². The summed E-state index contributed by atoms with van der Waals surface area (Å²) < 4.78 is 20.4. The van der Waals surface area contributed by atoms with Crippen LogP contribution in [0.1, 0.15) is 27.6 Å². The van der Waals surface area contributed by atoms with E-state index < -0.39 is 5.97 Å². The molecule has 0 fully saturated rings. The molecule has 0 aliphatic carbocycles. The number of aromatic nitrogens is 2. The molecule has 2 aromatic rings. The fourth-order valence-corrected chi connectivity index (χ4v) is 1.96. The van der Waals surface area contributed by atoms with E-state index >= 15 is 0 Å². The second-order valence-electron chi connectivity index (χ2n) is 4.56. The number of rotatable bonds is 6. The molecule has 0 N–H and O–H groups in total. The summed E-state index contributed by atoms with van der Waals surface area (Å²) in [6.45, 7) is 1.34. The van der Waals surface area contributed by atoms with Crippen molar-refractivity contribution in [1.82, 2.24) is 9.97 Å². The molecule has 0 unspecified atom stereocenters. The van der Waals surface area contributed by atoms with E-state index in [9.17, 15) is 9.59 Å². The molecule has 0 atom stereocenters. The molecular formula is C16H16N2O6. The van der Waals surface area contributed by atoms with E-state index in [1.165, 1.54) is 46.5 Å². The molecule has 1 aromatic heterocycles. The number of hydrogen-bond donors (Lipinski definition) is 0. The van der Waals surface area contributed by atoms with E-state index in [0.717, 1.165) is 0 Å². The Morgan fingerprint density at radius 1 is 1.00 bits per heavy atom. The summed E-state index contributed by atoms with van der Waals surface area (Å²) in [7, 11) is 4.08. The number of nitrogens with zero attached hydrogens (tertiary/aromatic N) is 2. The first-order chi connectivity index (χ1) is 11.5. The summed E-state index contributed by atoms with van der Waals surface area (Å²) in [5.74, 6) is -0.473. The van der Waals surface area contributed by atoms with Gasteiger partial charge in [0.2, 0.25) is 11.8 Å². The number of ketones is 1. The Morgan fingerprint density at radius 2 is 1.62 bits per heavy atom. The van der Waals surface area contributed by atoms with Gasteiger partial charge >= 0.3 is 12.0 Å². The fraction of sp³-hybridized carbons (Fsp3) is 0.250. The van der Waals surface area contributed by atoms with Gasteiger partial charge in [-0.15, -0.1) is 0 Å². The predicted octanol–water partition coefficient (Wildman–Crippen LogP) is 2.28. The van der Waals surface area contributed by atoms with Crippen molar-refractivity contribution in [3.05, 3.63) is 35.4 Å². The molecule has 2 rings (SSSR count). The largest absolute Gasteiger partial charge is 0.481 e. The molecule has 0 aliphatic rings. The van der Waals surface area contributed by atoms with Crippen LogP contribution in [-0.2, 0) is 4.74 Å². The van der Waals surface area contributed by atoms with E-state index in [1.54, 1.807) is 6.07 Å². The number of ether oxygens (including phenoxy) is 4. The van der Waals surface area contributed by atoms with Crippen LogP contribution in [0.2, 0.25) is 0 Å². The highest BCUT2D eigenvalue weighted by Crippen LogP contribution is 2.29. The molecule has 0 aliphatic heterocycles. The summed E-state index contributed by atoms with van der Waals surface area (Å²) in [5.41, 5.74) is 0.173. The van der Waals surface area contributed by atoms with E-state index in [-0.39, 0.29) is 40.4 Å². The van der Waals surface area contributed by atoms with Gasteiger partial charge in [0, 0.05) is 5.56 Å². The maximum absolute atomic E-state index is 12.1. The van der Waals surface area contributed by atoms with E-state index in [1.807, 2.05) is 0 Å². The Labute approximate surface area is 138 Å². The van der Waals surface area contributed by atoms with E-state index in [4.69, 9.17) is 18.9 Å². The molecule has 24 heavy (non-hydrogen) atoms. The zero-order valence-electron chi connectivity index (χ0n) is 13.7. The second-order valence-corrected chi connectivity index (χ2v) is 4.56. The third-order valence-electron chi connectivity index (χ3n) is 3.07. The minimum atomic E-state index is -0.703. The molecule has 0 amide bonds. The molecule has 0 radical (unpaired) electrons. The zero-order chi connectivity index (χ0) is 17.7. The minimum absolute atomic E-state index is 0.00196. The van der Waals surface area contributed by atoms with Crippen molar-refractivity contribution in [3.8, 4) is 23.5 Å². The number of hydrogen-bond acceptors (Lipinski definition) is 8. The molecule has 0 saturated carbocycles. The first-order valence-corrected chi connectivity index (χ1v) is 6.87. The van der Waals surface area contributed by atoms with Crippen molar-refractivity contribution in [3.63, 3.8) is 0 Å². The third kappa shape index (κ3) is 3.60. The lowest BCUT2D eigenvalue weighted by Crippen LogP contribution is -2.11. The van der Waals surface area contributed by atoms with Gasteiger partial charge < -0.3 is 18.9 Å². The monoisotopic (exact) mass is 332 g/mol. The molecular weight excluding hydrogens is 316 g/mol. The predicted molar refractivity (Wildman–Crippen MR) is 83.0 cm³/mol. The maximum Gasteiger partial charge on any atom is 0.342 e. The first kappa shape index (κ1) is 17.2. The lowest BCUT2D eigenvalue weighted by Gasteiger charge is -2.12. The summed E-state index contributed by atoms with van der Waals surface area (Å²) in [4.78, 5) is 31.9. The molecule has 0 bridgehead atoms. The number of esters is 1. The van der Waals surface area contributed by atoms with Crippen LogP contribution in [0.25, 0.3) is 0 Å². The van der Waals surface area contributed by atoms with E-state index in [2.05, 4.69) is 9.97 Å². The van der Waals surface area contributed by atoms with Crippen LogP contribution in [0, 0.1) is 0 Å². The van der Waals surface area contributed by atoms with Gasteiger partial charge in [0.05, 0.1) is 27.4 Å². The van der Waals surface area contributed by atoms with Crippen molar-refractivity contribution in [2.75, 3.05) is 21.3 Å². The normalized spacial score (nSPS) is 10.0. The van der Waals surface area contributed by atoms with Gasteiger partial charge in [0.25, 0.3) is 0 Å². The van der Waals surface area contributed by atoms with Gasteiger partial charge in [-0.2, -0.15) is 9.97 Å². The number of methoxy groups -OCH3 is 3. The third-order valence-corrected chi connectivity index (χ3v) is 3.07. The Kier molecular flexibility index (Phi) is 5.31. The summed E-state index contributed by atoms with van der Waals surface area (Å²) in [6.07, 6.45) is 0. The maximum atomic E-state index is 12.1. The fourth-order valence-electron chi connectivity index (χ4n) is 1.96. The summed E-state index contributed by atoms with van der Waals surface area (Å²) in [6, 6.07) is 5.97. The molecule has 8 nitrogen and oxygen atoms in total. The summed E-state index contributed by atoms with van der Waals surface area (Å²) in [5, 5.41) is 0. The number of carbonyl (C=O) groups is 2. The molecule has 0 saturated heterocycles. The quantitative estimate of drug-likeness (QED) is 0.587. The number of Topliss-reactive ketones (excluding diaryl/α,β-unsaturated/α-hetero) is 1. The molecule has 1 aromatic carbocycles. The first-order valence-electron chi connectivity index (χ1n) is 6.87. The lowest BCUT2D eigenvalue weighted by atomic mass is 10.0. The summed E-state index contributed by atoms with van der Waals surface area (Å²) >= 11 is 0. The van der Waals surface area contributed by atoms with Crippen LogP contribution < -0.4 is 14.2 Å². The van der Waals surface area contributed by atoms with Gasteiger partial charge in [0.1, 0.15) is 11.3 Å². The smallest absolute Gasteiger partial charge is 0.342 e. The standard InChI is InChI=1S/C16H16N2O6/c1-9(19)10-6-5-7-11(14(10)15(20)23-4)24-16-17-12(21-2)8-13(18-16)22-3/h5-8H,1-4H3. The average Bonchev–Trinajstić information content (AvgIpc) is 2.60. The highest BCUT2D eigenvalue weighted by molar-refractivity contribution is 6.07. The number of carbonyl (C=O) groups excluding carboxylic acids is 2. The van der Waals surface area contributed by atoms with Crippen molar-refractivity contribution in [2.45, 2.75) is 6.92 Å². The van der Waals surface area contributed by atoms with Crippen molar-refractivity contribution >= 4 is 11.8 Å². The van der Waals surface area contributed by atoms with Crippen LogP contribution in [0.3, 0.4) is 0 Å².